The molecule has 0 aliphatic carbocycles. The van der Waals surface area contributed by atoms with Crippen LogP contribution in [0, 0.1) is 28.9 Å². The van der Waals surface area contributed by atoms with Gasteiger partial charge in [-0.3, -0.25) is 10.1 Å². The van der Waals surface area contributed by atoms with Crippen LogP contribution in [0.25, 0.3) is 0 Å². The summed E-state index contributed by atoms with van der Waals surface area (Å²) in [5.74, 6) is 4.98. The molecule has 0 amide bonds. The molecule has 14 heavy (non-hydrogen) atoms. The molecule has 1 heterocycles. The number of aliphatic hydroxyl groups is 1. The van der Waals surface area contributed by atoms with E-state index in [4.69, 9.17) is 5.11 Å². The van der Waals surface area contributed by atoms with Gasteiger partial charge in [-0.1, -0.05) is 5.92 Å². The number of aromatic nitrogens is 1. The predicted molar refractivity (Wildman–Crippen MR) is 49.6 cm³/mol. The number of aliphatic hydroxyl groups excluding tert-OH is 1. The van der Waals surface area contributed by atoms with Crippen molar-refractivity contribution in [1.82, 2.24) is 4.98 Å². The van der Waals surface area contributed by atoms with E-state index in [1.165, 1.54) is 12.1 Å². The van der Waals surface area contributed by atoms with Crippen LogP contribution in [0.2, 0.25) is 0 Å². The van der Waals surface area contributed by atoms with Gasteiger partial charge in [-0.25, -0.2) is 4.98 Å². The van der Waals surface area contributed by atoms with Crippen molar-refractivity contribution >= 4 is 5.69 Å². The summed E-state index contributed by atoms with van der Waals surface area (Å²) < 4.78 is 0. The van der Waals surface area contributed by atoms with Crippen LogP contribution in [-0.2, 0) is 0 Å². The molecule has 5 heteroatoms. The Kier molecular flexibility index (Phi) is 3.15. The predicted octanol–water partition coefficient (Wildman–Crippen LogP) is 0.642. The van der Waals surface area contributed by atoms with Gasteiger partial charge >= 0.3 is 0 Å². The lowest BCUT2D eigenvalue weighted by Gasteiger charge is -1.95. The third kappa shape index (κ3) is 2.28. The zero-order chi connectivity index (χ0) is 10.6. The Morgan fingerprint density at radius 2 is 2.36 bits per heavy atom. The minimum Gasteiger partial charge on any atom is -0.384 e. The average Bonchev–Trinajstić information content (AvgIpc) is 2.14. The summed E-state index contributed by atoms with van der Waals surface area (Å²) >= 11 is 0. The largest absolute Gasteiger partial charge is 0.384 e. The second kappa shape index (κ2) is 4.35. The summed E-state index contributed by atoms with van der Waals surface area (Å²) in [6.07, 6.45) is 0. The SMILES string of the molecule is Cc1nc(C#CCO)ccc1[N+](=O)[O-]. The number of hydrogen-bond donors (Lipinski definition) is 1. The van der Waals surface area contributed by atoms with Crippen LogP contribution in [0.4, 0.5) is 5.69 Å². The molecule has 0 atom stereocenters. The van der Waals surface area contributed by atoms with Crippen molar-refractivity contribution in [3.05, 3.63) is 33.6 Å². The maximum absolute atomic E-state index is 10.4. The molecule has 0 saturated carbocycles. The van der Waals surface area contributed by atoms with E-state index in [1.807, 2.05) is 0 Å². The molecule has 1 rings (SSSR count). The van der Waals surface area contributed by atoms with Gasteiger partial charge in [0.2, 0.25) is 0 Å². The summed E-state index contributed by atoms with van der Waals surface area (Å²) in [5, 5.41) is 18.9. The standard InChI is InChI=1S/C9H8N2O3/c1-7-9(11(13)14)5-4-8(10-7)3-2-6-12/h4-5,12H,6H2,1H3. The molecule has 0 aliphatic heterocycles. The van der Waals surface area contributed by atoms with Gasteiger partial charge < -0.3 is 5.11 Å². The van der Waals surface area contributed by atoms with E-state index in [-0.39, 0.29) is 12.3 Å². The highest BCUT2D eigenvalue weighted by Gasteiger charge is 2.10. The Morgan fingerprint density at radius 1 is 1.64 bits per heavy atom. The molecule has 72 valence electrons. The van der Waals surface area contributed by atoms with Crippen molar-refractivity contribution in [2.45, 2.75) is 6.92 Å². The molecule has 0 aromatic carbocycles. The van der Waals surface area contributed by atoms with E-state index in [9.17, 15) is 10.1 Å². The van der Waals surface area contributed by atoms with Gasteiger partial charge in [-0.15, -0.1) is 0 Å². The van der Waals surface area contributed by atoms with Gasteiger partial charge in [-0.2, -0.15) is 0 Å². The molecule has 0 fully saturated rings. The van der Waals surface area contributed by atoms with Gasteiger partial charge in [-0.05, 0) is 18.9 Å². The Labute approximate surface area is 80.6 Å². The second-order valence-electron chi connectivity index (χ2n) is 2.52. The maximum Gasteiger partial charge on any atom is 0.290 e. The molecule has 5 nitrogen and oxygen atoms in total. The first-order chi connectivity index (χ1) is 6.65. The Morgan fingerprint density at radius 3 is 2.86 bits per heavy atom. The van der Waals surface area contributed by atoms with Crippen molar-refractivity contribution in [3.8, 4) is 11.8 Å². The van der Waals surface area contributed by atoms with E-state index >= 15 is 0 Å². The van der Waals surface area contributed by atoms with E-state index in [1.54, 1.807) is 6.92 Å². The zero-order valence-corrected chi connectivity index (χ0v) is 7.52. The smallest absolute Gasteiger partial charge is 0.290 e. The van der Waals surface area contributed by atoms with Gasteiger partial charge in [0.25, 0.3) is 5.69 Å². The van der Waals surface area contributed by atoms with E-state index in [0.717, 1.165) is 0 Å². The Balaban J connectivity index is 3.06. The molecule has 0 bridgehead atoms. The topological polar surface area (TPSA) is 76.3 Å². The minimum absolute atomic E-state index is 0.0282. The van der Waals surface area contributed by atoms with Crippen LogP contribution in [-0.4, -0.2) is 21.6 Å². The highest BCUT2D eigenvalue weighted by molar-refractivity contribution is 5.39. The normalized spacial score (nSPS) is 9.00. The van der Waals surface area contributed by atoms with Crippen molar-refractivity contribution in [3.63, 3.8) is 0 Å². The summed E-state index contributed by atoms with van der Waals surface area (Å²) in [7, 11) is 0. The fourth-order valence-corrected chi connectivity index (χ4v) is 0.946. The summed E-state index contributed by atoms with van der Waals surface area (Å²) in [5.41, 5.74) is 0.710. The molecule has 0 radical (unpaired) electrons. The van der Waals surface area contributed by atoms with Gasteiger partial charge in [0.05, 0.1) is 4.92 Å². The number of nitrogens with zero attached hydrogens (tertiary/aromatic N) is 2. The van der Waals surface area contributed by atoms with E-state index in [2.05, 4.69) is 16.8 Å². The molecular weight excluding hydrogens is 184 g/mol. The fraction of sp³-hybridized carbons (Fsp3) is 0.222. The van der Waals surface area contributed by atoms with Crippen LogP contribution < -0.4 is 0 Å². The molecule has 1 aromatic heterocycles. The Hall–Kier alpha value is -1.93. The summed E-state index contributed by atoms with van der Waals surface area (Å²) in [4.78, 5) is 13.8. The van der Waals surface area contributed by atoms with Crippen LogP contribution in [0.1, 0.15) is 11.4 Å². The third-order valence-electron chi connectivity index (χ3n) is 1.55. The zero-order valence-electron chi connectivity index (χ0n) is 7.52. The molecule has 0 unspecified atom stereocenters. The first-order valence-electron chi connectivity index (χ1n) is 3.87. The molecule has 0 saturated heterocycles. The van der Waals surface area contributed by atoms with Crippen molar-refractivity contribution in [1.29, 1.82) is 0 Å². The van der Waals surface area contributed by atoms with Crippen LogP contribution >= 0.6 is 0 Å². The van der Waals surface area contributed by atoms with E-state index < -0.39 is 4.92 Å². The number of aryl methyl sites for hydroxylation is 1. The molecular formula is C9H8N2O3. The van der Waals surface area contributed by atoms with Crippen molar-refractivity contribution in [2.75, 3.05) is 6.61 Å². The van der Waals surface area contributed by atoms with Crippen LogP contribution in [0.15, 0.2) is 12.1 Å². The molecule has 0 spiro atoms. The van der Waals surface area contributed by atoms with Gasteiger partial charge in [0.15, 0.2) is 0 Å². The first kappa shape index (κ1) is 10.2. The maximum atomic E-state index is 10.4. The highest BCUT2D eigenvalue weighted by atomic mass is 16.6. The lowest BCUT2D eigenvalue weighted by atomic mass is 10.2. The third-order valence-corrected chi connectivity index (χ3v) is 1.55. The minimum atomic E-state index is -0.494. The average molecular weight is 192 g/mol. The molecule has 0 aliphatic rings. The van der Waals surface area contributed by atoms with Crippen LogP contribution in [0.3, 0.4) is 0 Å². The number of hydrogen-bond acceptors (Lipinski definition) is 4. The number of nitro groups is 1. The van der Waals surface area contributed by atoms with Crippen molar-refractivity contribution < 1.29 is 10.0 Å². The van der Waals surface area contributed by atoms with Gasteiger partial charge in [0.1, 0.15) is 18.0 Å². The number of rotatable bonds is 1. The monoisotopic (exact) mass is 192 g/mol. The fourth-order valence-electron chi connectivity index (χ4n) is 0.946. The Bertz CT molecular complexity index is 418. The van der Waals surface area contributed by atoms with Crippen molar-refractivity contribution in [2.24, 2.45) is 0 Å². The summed E-state index contributed by atoms with van der Waals surface area (Å²) in [6.45, 7) is 1.29. The molecule has 1 aromatic rings. The lowest BCUT2D eigenvalue weighted by molar-refractivity contribution is -0.385. The second-order valence-corrected chi connectivity index (χ2v) is 2.52. The molecule has 1 N–H and O–H groups in total. The van der Waals surface area contributed by atoms with Crippen LogP contribution in [0.5, 0.6) is 0 Å². The van der Waals surface area contributed by atoms with Gasteiger partial charge in [0, 0.05) is 6.07 Å². The summed E-state index contributed by atoms with van der Waals surface area (Å²) in [6, 6.07) is 2.80. The van der Waals surface area contributed by atoms with E-state index in [0.29, 0.717) is 11.4 Å². The highest BCUT2D eigenvalue weighted by Crippen LogP contribution is 2.14. The quantitative estimate of drug-likeness (QED) is 0.402. The first-order valence-corrected chi connectivity index (χ1v) is 3.87. The lowest BCUT2D eigenvalue weighted by Crippen LogP contribution is -1.95. The number of pyridine rings is 1.